The van der Waals surface area contributed by atoms with Gasteiger partial charge in [-0.25, -0.2) is 4.79 Å². The van der Waals surface area contributed by atoms with Crippen LogP contribution in [0.3, 0.4) is 0 Å². The molecule has 1 aliphatic heterocycles. The van der Waals surface area contributed by atoms with E-state index in [0.29, 0.717) is 11.7 Å². The standard InChI is InChI=1S/C23H25BClF3N2O4/c1-21(2)22(3,4)34-24(33-21)17(11-19-18(25)10-16(12-29-19)23(26,27)28)13-30-20(31)32-14-15-8-6-5-7-9-15/h5-12H,13-14H2,1-4H3,(H,30,31). The van der Waals surface area contributed by atoms with Crippen molar-refractivity contribution in [2.75, 3.05) is 6.54 Å². The van der Waals surface area contributed by atoms with Gasteiger partial charge in [-0.3, -0.25) is 4.98 Å². The summed E-state index contributed by atoms with van der Waals surface area (Å²) >= 11 is 6.08. The molecule has 34 heavy (non-hydrogen) atoms. The van der Waals surface area contributed by atoms with Gasteiger partial charge in [-0.05, 0) is 50.9 Å². The van der Waals surface area contributed by atoms with Crippen LogP contribution in [0.4, 0.5) is 18.0 Å². The lowest BCUT2D eigenvalue weighted by atomic mass is 9.77. The third kappa shape index (κ3) is 6.31. The van der Waals surface area contributed by atoms with Crippen molar-refractivity contribution in [1.29, 1.82) is 0 Å². The van der Waals surface area contributed by atoms with Gasteiger partial charge in [0.05, 0.1) is 27.5 Å². The Morgan fingerprint density at radius 2 is 1.79 bits per heavy atom. The van der Waals surface area contributed by atoms with Crippen LogP contribution in [0.15, 0.2) is 48.1 Å². The fourth-order valence-electron chi connectivity index (χ4n) is 3.03. The van der Waals surface area contributed by atoms with E-state index in [4.69, 9.17) is 25.6 Å². The molecule has 0 radical (unpaired) electrons. The number of hydrogen-bond donors (Lipinski definition) is 1. The fourth-order valence-corrected chi connectivity index (χ4v) is 3.25. The maximum atomic E-state index is 13.0. The molecule has 1 aliphatic rings. The molecule has 0 bridgehead atoms. The molecule has 1 saturated heterocycles. The average molecular weight is 497 g/mol. The molecule has 2 heterocycles. The molecule has 6 nitrogen and oxygen atoms in total. The highest BCUT2D eigenvalue weighted by Crippen LogP contribution is 2.39. The molecule has 182 valence electrons. The predicted molar refractivity (Wildman–Crippen MR) is 123 cm³/mol. The average Bonchev–Trinajstić information content (AvgIpc) is 2.97. The summed E-state index contributed by atoms with van der Waals surface area (Å²) in [5, 5.41) is 2.42. The van der Waals surface area contributed by atoms with Gasteiger partial charge in [0.2, 0.25) is 0 Å². The maximum Gasteiger partial charge on any atom is 0.492 e. The molecule has 0 spiro atoms. The van der Waals surface area contributed by atoms with E-state index in [9.17, 15) is 18.0 Å². The fraction of sp³-hybridized carbons (Fsp3) is 0.391. The van der Waals surface area contributed by atoms with Crippen molar-refractivity contribution in [3.8, 4) is 0 Å². The first-order valence-corrected chi connectivity index (χ1v) is 10.9. The molecule has 11 heteroatoms. The van der Waals surface area contributed by atoms with E-state index >= 15 is 0 Å². The van der Waals surface area contributed by atoms with Crippen molar-refractivity contribution >= 4 is 30.9 Å². The van der Waals surface area contributed by atoms with E-state index in [1.54, 1.807) is 0 Å². The lowest BCUT2D eigenvalue weighted by molar-refractivity contribution is -0.137. The molecule has 1 amide bonds. The second kappa shape index (κ2) is 9.97. The second-order valence-corrected chi connectivity index (χ2v) is 9.22. The van der Waals surface area contributed by atoms with Gasteiger partial charge in [0, 0.05) is 12.7 Å². The van der Waals surface area contributed by atoms with E-state index in [1.807, 2.05) is 58.0 Å². The number of alkyl carbamates (subject to hydrolysis) is 1. The number of nitrogens with one attached hydrogen (secondary N) is 1. The predicted octanol–water partition coefficient (Wildman–Crippen LogP) is 5.70. The normalized spacial score (nSPS) is 17.5. The highest BCUT2D eigenvalue weighted by Gasteiger charge is 2.52. The van der Waals surface area contributed by atoms with E-state index in [0.717, 1.165) is 11.6 Å². The van der Waals surface area contributed by atoms with E-state index < -0.39 is 36.2 Å². The van der Waals surface area contributed by atoms with Crippen molar-refractivity contribution in [2.45, 2.75) is 51.7 Å². The topological polar surface area (TPSA) is 69.7 Å². The molecule has 1 aromatic carbocycles. The largest absolute Gasteiger partial charge is 0.492 e. The Bertz CT molecular complexity index is 1050. The minimum Gasteiger partial charge on any atom is -0.445 e. The van der Waals surface area contributed by atoms with Crippen molar-refractivity contribution in [1.82, 2.24) is 10.3 Å². The number of pyridine rings is 1. The lowest BCUT2D eigenvalue weighted by Gasteiger charge is -2.32. The van der Waals surface area contributed by atoms with Gasteiger partial charge in [-0.15, -0.1) is 0 Å². The Kier molecular flexibility index (Phi) is 7.64. The Hall–Kier alpha value is -2.56. The second-order valence-electron chi connectivity index (χ2n) is 8.81. The first-order chi connectivity index (χ1) is 15.8. The molecule has 1 N–H and O–H groups in total. The molecule has 3 rings (SSSR count). The molecule has 0 unspecified atom stereocenters. The van der Waals surface area contributed by atoms with Crippen LogP contribution in [0.25, 0.3) is 6.08 Å². The minimum atomic E-state index is -4.57. The molecule has 1 aromatic heterocycles. The quantitative estimate of drug-likeness (QED) is 0.520. The smallest absolute Gasteiger partial charge is 0.445 e. The zero-order valence-electron chi connectivity index (χ0n) is 19.2. The van der Waals surface area contributed by atoms with Gasteiger partial charge in [-0.1, -0.05) is 41.9 Å². The van der Waals surface area contributed by atoms with Crippen molar-refractivity contribution in [2.24, 2.45) is 0 Å². The summed E-state index contributed by atoms with van der Waals surface area (Å²) in [6.45, 7) is 7.44. The number of alkyl halides is 3. The summed E-state index contributed by atoms with van der Waals surface area (Å²) in [5.41, 5.74) is -1.01. The number of rotatable bonds is 6. The summed E-state index contributed by atoms with van der Waals surface area (Å²) < 4.78 is 56.2. The number of hydrogen-bond acceptors (Lipinski definition) is 5. The number of nitrogens with zero attached hydrogens (tertiary/aromatic N) is 1. The van der Waals surface area contributed by atoms with Crippen LogP contribution < -0.4 is 5.32 Å². The van der Waals surface area contributed by atoms with E-state index in [-0.39, 0.29) is 23.9 Å². The van der Waals surface area contributed by atoms with Crippen LogP contribution in [0.5, 0.6) is 0 Å². The van der Waals surface area contributed by atoms with Gasteiger partial charge in [-0.2, -0.15) is 13.2 Å². The number of halogens is 4. The van der Waals surface area contributed by atoms with Crippen LogP contribution in [-0.4, -0.2) is 35.9 Å². The monoisotopic (exact) mass is 496 g/mol. The number of aromatic nitrogens is 1. The Labute approximate surface area is 201 Å². The van der Waals surface area contributed by atoms with Crippen LogP contribution >= 0.6 is 11.6 Å². The number of carbonyl (C=O) groups is 1. The summed E-state index contributed by atoms with van der Waals surface area (Å²) in [6.07, 6.45) is -3.11. The van der Waals surface area contributed by atoms with Gasteiger partial charge < -0.3 is 19.4 Å². The first-order valence-electron chi connectivity index (χ1n) is 10.5. The number of amides is 1. The summed E-state index contributed by atoms with van der Waals surface area (Å²) in [4.78, 5) is 16.1. The zero-order chi connectivity index (χ0) is 25.1. The number of benzene rings is 1. The Morgan fingerprint density at radius 3 is 2.35 bits per heavy atom. The highest BCUT2D eigenvalue weighted by molar-refractivity contribution is 6.56. The molecular weight excluding hydrogens is 472 g/mol. The SMILES string of the molecule is CC1(C)OB(C(=Cc2ncc(C(F)(F)F)cc2Cl)CNC(=O)OCc2ccccc2)OC1(C)C. The maximum absolute atomic E-state index is 13.0. The molecule has 2 aromatic rings. The molecule has 0 saturated carbocycles. The van der Waals surface area contributed by atoms with Crippen molar-refractivity contribution in [3.63, 3.8) is 0 Å². The van der Waals surface area contributed by atoms with Gasteiger partial charge in [0.25, 0.3) is 0 Å². The highest BCUT2D eigenvalue weighted by atomic mass is 35.5. The molecule has 0 aliphatic carbocycles. The minimum absolute atomic E-state index is 0.0660. The number of carbonyl (C=O) groups excluding carboxylic acids is 1. The molecule has 0 atom stereocenters. The summed E-state index contributed by atoms with van der Waals surface area (Å²) in [6, 6.07) is 9.95. The third-order valence-electron chi connectivity index (χ3n) is 5.72. The van der Waals surface area contributed by atoms with Gasteiger partial charge >= 0.3 is 19.4 Å². The van der Waals surface area contributed by atoms with E-state index in [2.05, 4.69) is 10.3 Å². The summed E-state index contributed by atoms with van der Waals surface area (Å²) in [5.74, 6) is 0. The van der Waals surface area contributed by atoms with Crippen LogP contribution in [0.1, 0.15) is 44.5 Å². The molecule has 1 fully saturated rings. The van der Waals surface area contributed by atoms with Crippen molar-refractivity contribution in [3.05, 3.63) is 69.9 Å². The van der Waals surface area contributed by atoms with Gasteiger partial charge in [0.1, 0.15) is 6.61 Å². The van der Waals surface area contributed by atoms with Crippen LogP contribution in [0.2, 0.25) is 5.02 Å². The number of ether oxygens (including phenoxy) is 1. The van der Waals surface area contributed by atoms with Crippen LogP contribution in [-0.2, 0) is 26.8 Å². The van der Waals surface area contributed by atoms with Gasteiger partial charge in [0.15, 0.2) is 0 Å². The Balaban J connectivity index is 1.80. The zero-order valence-corrected chi connectivity index (χ0v) is 20.0. The first kappa shape index (κ1) is 26.1. The Morgan fingerprint density at radius 1 is 1.18 bits per heavy atom. The lowest BCUT2D eigenvalue weighted by Crippen LogP contribution is -2.41. The van der Waals surface area contributed by atoms with E-state index in [1.165, 1.54) is 6.08 Å². The van der Waals surface area contributed by atoms with Crippen molar-refractivity contribution < 1.29 is 32.0 Å². The molecular formula is C23H25BClF3N2O4. The summed E-state index contributed by atoms with van der Waals surface area (Å²) in [7, 11) is -0.889. The third-order valence-corrected chi connectivity index (χ3v) is 6.03. The van der Waals surface area contributed by atoms with Crippen LogP contribution in [0, 0.1) is 0 Å².